The Morgan fingerprint density at radius 2 is 2.00 bits per heavy atom. The van der Waals surface area contributed by atoms with Gasteiger partial charge in [0.05, 0.1) is 18.0 Å². The number of anilines is 1. The number of halogens is 1. The van der Waals surface area contributed by atoms with E-state index < -0.39 is 17.2 Å². The Morgan fingerprint density at radius 3 is 2.55 bits per heavy atom. The third-order valence-corrected chi connectivity index (χ3v) is 6.01. The smallest absolute Gasteiger partial charge is 0.341 e. The molecule has 1 saturated heterocycles. The molecule has 8 heteroatoms. The third kappa shape index (κ3) is 2.97. The lowest BCUT2D eigenvalue weighted by Crippen LogP contribution is -2.49. The van der Waals surface area contributed by atoms with Gasteiger partial charge in [0.15, 0.2) is 11.6 Å². The summed E-state index contributed by atoms with van der Waals surface area (Å²) in [5.41, 5.74) is 0.462. The highest BCUT2D eigenvalue weighted by molar-refractivity contribution is 6.00. The maximum Gasteiger partial charge on any atom is 0.341 e. The van der Waals surface area contributed by atoms with E-state index in [0.29, 0.717) is 42.3 Å². The number of fused-ring (bicyclic) bond motifs is 1. The van der Waals surface area contributed by atoms with Crippen molar-refractivity contribution in [2.45, 2.75) is 45.7 Å². The number of pyridine rings is 1. The number of carboxylic acids is 1. The summed E-state index contributed by atoms with van der Waals surface area (Å²) >= 11 is 0. The minimum atomic E-state index is -1.29. The number of carboxylic acid groups (broad SMARTS) is 1. The van der Waals surface area contributed by atoms with Crippen molar-refractivity contribution in [2.24, 2.45) is 0 Å². The average molecular weight is 403 g/mol. The number of carbonyl (C=O) groups is 1. The minimum absolute atomic E-state index is 0.0877. The first-order valence-corrected chi connectivity index (χ1v) is 9.94. The van der Waals surface area contributed by atoms with Gasteiger partial charge in [-0.2, -0.15) is 0 Å². The maximum absolute atomic E-state index is 15.6. The lowest BCUT2D eigenvalue weighted by atomic mass is 10.00. The molecule has 1 atom stereocenters. The molecule has 2 aromatic rings. The molecule has 1 aromatic heterocycles. The van der Waals surface area contributed by atoms with E-state index in [1.807, 2.05) is 16.4 Å². The summed E-state index contributed by atoms with van der Waals surface area (Å²) < 4.78 is 23.2. The number of benzene rings is 1. The lowest BCUT2D eigenvalue weighted by Gasteiger charge is -2.35. The Bertz CT molecular complexity index is 1070. The van der Waals surface area contributed by atoms with Crippen LogP contribution in [0.3, 0.4) is 0 Å². The van der Waals surface area contributed by atoms with Gasteiger partial charge in [0, 0.05) is 43.0 Å². The van der Waals surface area contributed by atoms with Gasteiger partial charge in [0.2, 0.25) is 5.43 Å². The van der Waals surface area contributed by atoms with E-state index >= 15 is 4.39 Å². The number of aromatic nitrogens is 1. The summed E-state index contributed by atoms with van der Waals surface area (Å²) in [5, 5.41) is 13.1. The fourth-order valence-electron chi connectivity index (χ4n) is 4.53. The van der Waals surface area contributed by atoms with Crippen molar-refractivity contribution < 1.29 is 19.0 Å². The second kappa shape index (κ2) is 7.02. The molecule has 7 nitrogen and oxygen atoms in total. The first-order chi connectivity index (χ1) is 13.8. The van der Waals surface area contributed by atoms with E-state index in [0.717, 1.165) is 12.8 Å². The van der Waals surface area contributed by atoms with Gasteiger partial charge in [-0.05, 0) is 33.6 Å². The molecular weight excluding hydrogens is 377 g/mol. The highest BCUT2D eigenvalue weighted by Crippen LogP contribution is 2.46. The maximum atomic E-state index is 15.6. The van der Waals surface area contributed by atoms with Gasteiger partial charge in [0.25, 0.3) is 0 Å². The van der Waals surface area contributed by atoms with Crippen LogP contribution in [0, 0.1) is 19.7 Å². The van der Waals surface area contributed by atoms with Crippen molar-refractivity contribution in [3.8, 4) is 5.75 Å². The quantitative estimate of drug-likeness (QED) is 0.817. The molecule has 0 spiro atoms. The standard InChI is InChI=1S/C21H26FN3O4/c1-10-9-24(8-7-23-10)18-16(22)11(2)14-17(20(18)29-4)25(13-5-6-13)12(3)15(19(14)26)21(27)28/h10,13,23H,5-9H2,1-4H3,(H,27,28). The Kier molecular flexibility index (Phi) is 4.77. The highest BCUT2D eigenvalue weighted by Gasteiger charge is 2.35. The van der Waals surface area contributed by atoms with Crippen molar-refractivity contribution in [1.29, 1.82) is 0 Å². The summed E-state index contributed by atoms with van der Waals surface area (Å²) in [7, 11) is 1.47. The van der Waals surface area contributed by atoms with E-state index in [2.05, 4.69) is 5.32 Å². The zero-order valence-electron chi connectivity index (χ0n) is 17.1. The van der Waals surface area contributed by atoms with Crippen LogP contribution < -0.4 is 20.4 Å². The fourth-order valence-corrected chi connectivity index (χ4v) is 4.53. The number of aromatic carboxylic acids is 1. The van der Waals surface area contributed by atoms with Crippen LogP contribution in [0.25, 0.3) is 10.9 Å². The van der Waals surface area contributed by atoms with Gasteiger partial charge in [-0.3, -0.25) is 4.79 Å². The summed E-state index contributed by atoms with van der Waals surface area (Å²) in [4.78, 5) is 26.9. The lowest BCUT2D eigenvalue weighted by molar-refractivity contribution is 0.0694. The van der Waals surface area contributed by atoms with Gasteiger partial charge < -0.3 is 24.6 Å². The second-order valence-corrected chi connectivity index (χ2v) is 8.04. The van der Waals surface area contributed by atoms with Crippen LogP contribution in [-0.4, -0.2) is 48.4 Å². The van der Waals surface area contributed by atoms with Crippen LogP contribution in [0.2, 0.25) is 0 Å². The number of nitrogens with zero attached hydrogens (tertiary/aromatic N) is 2. The van der Waals surface area contributed by atoms with Gasteiger partial charge in [-0.15, -0.1) is 0 Å². The predicted octanol–water partition coefficient (Wildman–Crippen LogP) is 2.60. The molecule has 0 bridgehead atoms. The number of methoxy groups -OCH3 is 1. The summed E-state index contributed by atoms with van der Waals surface area (Å²) in [6, 6.07) is 0.273. The van der Waals surface area contributed by atoms with Crippen LogP contribution in [-0.2, 0) is 0 Å². The number of ether oxygens (including phenoxy) is 1. The van der Waals surface area contributed by atoms with Crippen molar-refractivity contribution in [3.63, 3.8) is 0 Å². The van der Waals surface area contributed by atoms with Crippen LogP contribution in [0.1, 0.15) is 47.4 Å². The average Bonchev–Trinajstić information content (AvgIpc) is 3.48. The van der Waals surface area contributed by atoms with Gasteiger partial charge in [-0.25, -0.2) is 9.18 Å². The van der Waals surface area contributed by atoms with E-state index in [-0.39, 0.29) is 28.6 Å². The van der Waals surface area contributed by atoms with Crippen molar-refractivity contribution in [3.05, 3.63) is 32.9 Å². The summed E-state index contributed by atoms with van der Waals surface area (Å²) in [5.74, 6) is -1.51. The molecule has 2 aliphatic rings. The van der Waals surface area contributed by atoms with Gasteiger partial charge in [-0.1, -0.05) is 0 Å². The highest BCUT2D eigenvalue weighted by atomic mass is 19.1. The summed E-state index contributed by atoms with van der Waals surface area (Å²) in [6.45, 7) is 7.17. The largest absolute Gasteiger partial charge is 0.492 e. The first kappa shape index (κ1) is 19.7. The van der Waals surface area contributed by atoms with E-state index in [4.69, 9.17) is 4.74 Å². The van der Waals surface area contributed by atoms with Crippen LogP contribution in [0.5, 0.6) is 5.75 Å². The molecule has 29 heavy (non-hydrogen) atoms. The first-order valence-electron chi connectivity index (χ1n) is 9.94. The Morgan fingerprint density at radius 1 is 1.31 bits per heavy atom. The molecule has 0 amide bonds. The van der Waals surface area contributed by atoms with E-state index in [9.17, 15) is 14.7 Å². The molecule has 1 aromatic carbocycles. The second-order valence-electron chi connectivity index (χ2n) is 8.04. The molecule has 156 valence electrons. The molecule has 2 heterocycles. The number of hydrogen-bond donors (Lipinski definition) is 2. The van der Waals surface area contributed by atoms with Crippen molar-refractivity contribution in [2.75, 3.05) is 31.6 Å². The molecule has 2 N–H and O–H groups in total. The molecule has 0 radical (unpaired) electrons. The zero-order chi connectivity index (χ0) is 21.0. The fraction of sp³-hybridized carbons (Fsp3) is 0.524. The van der Waals surface area contributed by atoms with Crippen LogP contribution >= 0.6 is 0 Å². The molecule has 2 fully saturated rings. The van der Waals surface area contributed by atoms with Gasteiger partial charge in [0.1, 0.15) is 11.3 Å². The number of aryl methyl sites for hydroxylation is 1. The van der Waals surface area contributed by atoms with Crippen molar-refractivity contribution >= 4 is 22.6 Å². The normalized spacial score (nSPS) is 19.6. The predicted molar refractivity (Wildman–Crippen MR) is 109 cm³/mol. The molecule has 1 saturated carbocycles. The molecular formula is C21H26FN3O4. The monoisotopic (exact) mass is 403 g/mol. The van der Waals surface area contributed by atoms with E-state index in [1.165, 1.54) is 7.11 Å². The Labute approximate surface area is 168 Å². The van der Waals surface area contributed by atoms with Crippen LogP contribution in [0.15, 0.2) is 4.79 Å². The molecule has 1 unspecified atom stereocenters. The number of piperazine rings is 1. The van der Waals surface area contributed by atoms with E-state index in [1.54, 1.807) is 13.8 Å². The SMILES string of the molecule is COc1c(N2CCNC(C)C2)c(F)c(C)c2c(=O)c(C(=O)O)c(C)n(C3CC3)c12. The van der Waals surface area contributed by atoms with Gasteiger partial charge >= 0.3 is 5.97 Å². The Balaban J connectivity index is 2.15. The zero-order valence-corrected chi connectivity index (χ0v) is 17.1. The third-order valence-electron chi connectivity index (χ3n) is 6.01. The number of hydrogen-bond acceptors (Lipinski definition) is 5. The molecule has 1 aliphatic heterocycles. The van der Waals surface area contributed by atoms with Crippen molar-refractivity contribution in [1.82, 2.24) is 9.88 Å². The van der Waals surface area contributed by atoms with Crippen LogP contribution in [0.4, 0.5) is 10.1 Å². The molecule has 4 rings (SSSR count). The topological polar surface area (TPSA) is 83.8 Å². The minimum Gasteiger partial charge on any atom is -0.492 e. The Hall–Kier alpha value is -2.61. The number of nitrogens with one attached hydrogen (secondary N) is 1. The number of rotatable bonds is 4. The molecule has 1 aliphatic carbocycles. The summed E-state index contributed by atoms with van der Waals surface area (Å²) in [6.07, 6.45) is 1.77.